The normalized spacial score (nSPS) is 11.1. The van der Waals surface area contributed by atoms with E-state index < -0.39 is 10.6 Å². The molecule has 154 valence electrons. The van der Waals surface area contributed by atoms with Gasteiger partial charge >= 0.3 is 10.6 Å². The van der Waals surface area contributed by atoms with Crippen LogP contribution in [0.5, 0.6) is 0 Å². The van der Waals surface area contributed by atoms with Gasteiger partial charge < -0.3 is 18.3 Å². The molecule has 0 radical (unpaired) electrons. The van der Waals surface area contributed by atoms with Crippen LogP contribution in [-0.2, 0) is 9.47 Å². The minimum absolute atomic E-state index is 0.269. The Morgan fingerprint density at radius 2 is 1.13 bits per heavy atom. The highest BCUT2D eigenvalue weighted by Crippen LogP contribution is 2.47. The van der Waals surface area contributed by atoms with Crippen molar-refractivity contribution in [2.75, 3.05) is 13.2 Å². The SMILES string of the molecule is CCOC(=O)Sc1c(-c2oc3ccccc3c2SC(=O)OCC)oc2ccccc12. The van der Waals surface area contributed by atoms with Crippen LogP contribution in [-0.4, -0.2) is 23.8 Å². The fraction of sp³-hybridized carbons (Fsp3) is 0.182. The van der Waals surface area contributed by atoms with Gasteiger partial charge in [-0.25, -0.2) is 9.59 Å². The number of carbonyl (C=O) groups is 2. The third-order valence-corrected chi connectivity index (χ3v) is 5.99. The van der Waals surface area contributed by atoms with E-state index in [1.165, 1.54) is 0 Å². The van der Waals surface area contributed by atoms with Gasteiger partial charge in [-0.15, -0.1) is 0 Å². The maximum Gasteiger partial charge on any atom is 0.372 e. The molecule has 0 aliphatic heterocycles. The molecule has 0 aliphatic rings. The number of hydrogen-bond donors (Lipinski definition) is 0. The number of hydrogen-bond acceptors (Lipinski definition) is 8. The minimum Gasteiger partial charge on any atom is -0.458 e. The molecule has 0 fully saturated rings. The summed E-state index contributed by atoms with van der Waals surface area (Å²) < 4.78 is 22.4. The van der Waals surface area contributed by atoms with Gasteiger partial charge in [-0.3, -0.25) is 0 Å². The lowest BCUT2D eigenvalue weighted by molar-refractivity contribution is 0.180. The summed E-state index contributed by atoms with van der Waals surface area (Å²) >= 11 is 1.87. The van der Waals surface area contributed by atoms with Crippen LogP contribution >= 0.6 is 23.5 Å². The Kier molecular flexibility index (Phi) is 6.06. The highest BCUT2D eigenvalue weighted by Gasteiger charge is 2.28. The van der Waals surface area contributed by atoms with Crippen LogP contribution in [0.3, 0.4) is 0 Å². The van der Waals surface area contributed by atoms with Gasteiger partial charge in [-0.1, -0.05) is 24.3 Å². The van der Waals surface area contributed by atoms with Crippen LogP contribution in [0, 0.1) is 0 Å². The van der Waals surface area contributed by atoms with Crippen molar-refractivity contribution < 1.29 is 27.9 Å². The van der Waals surface area contributed by atoms with Gasteiger partial charge in [0.2, 0.25) is 0 Å². The Labute approximate surface area is 180 Å². The molecule has 0 unspecified atom stereocenters. The van der Waals surface area contributed by atoms with Crippen molar-refractivity contribution in [2.24, 2.45) is 0 Å². The van der Waals surface area contributed by atoms with Crippen molar-refractivity contribution in [3.8, 4) is 11.5 Å². The first-order valence-electron chi connectivity index (χ1n) is 9.35. The van der Waals surface area contributed by atoms with Crippen molar-refractivity contribution in [1.82, 2.24) is 0 Å². The van der Waals surface area contributed by atoms with Crippen LogP contribution in [0.4, 0.5) is 9.59 Å². The zero-order chi connectivity index (χ0) is 21.1. The van der Waals surface area contributed by atoms with Gasteiger partial charge in [0.1, 0.15) is 11.2 Å². The molecule has 2 aromatic carbocycles. The summed E-state index contributed by atoms with van der Waals surface area (Å²) in [5.41, 5.74) is 1.21. The summed E-state index contributed by atoms with van der Waals surface area (Å²) in [5.74, 6) is 0.745. The van der Waals surface area contributed by atoms with Crippen LogP contribution in [0.2, 0.25) is 0 Å². The Morgan fingerprint density at radius 3 is 1.53 bits per heavy atom. The fourth-order valence-corrected chi connectivity index (χ4v) is 4.70. The summed E-state index contributed by atoms with van der Waals surface area (Å²) in [6.07, 6.45) is 0. The highest BCUT2D eigenvalue weighted by molar-refractivity contribution is 8.14. The third kappa shape index (κ3) is 3.93. The molecule has 0 amide bonds. The second kappa shape index (κ2) is 8.89. The first-order valence-corrected chi connectivity index (χ1v) is 11.0. The minimum atomic E-state index is -0.444. The van der Waals surface area contributed by atoms with Gasteiger partial charge in [0, 0.05) is 10.8 Å². The standard InChI is InChI=1S/C22H18O6S2/c1-3-25-21(23)29-19-13-9-5-7-11-15(13)27-17(19)18-20(30-22(24)26-4-2)14-10-6-8-12-16(14)28-18/h5-12H,3-4H2,1-2H3. The molecule has 2 heterocycles. The summed E-state index contributed by atoms with van der Waals surface area (Å²) in [5, 5.41) is 0.637. The molecule has 8 heteroatoms. The average molecular weight is 443 g/mol. The average Bonchev–Trinajstić information content (AvgIpc) is 3.27. The van der Waals surface area contributed by atoms with E-state index in [0.29, 0.717) is 32.5 Å². The molecule has 4 rings (SSSR count). The first kappa shape index (κ1) is 20.4. The van der Waals surface area contributed by atoms with Crippen LogP contribution in [0.1, 0.15) is 13.8 Å². The molecule has 0 spiro atoms. The van der Waals surface area contributed by atoms with Crippen molar-refractivity contribution in [3.63, 3.8) is 0 Å². The van der Waals surface area contributed by atoms with Gasteiger partial charge in [0.15, 0.2) is 11.5 Å². The number of thioether (sulfide) groups is 2. The van der Waals surface area contributed by atoms with E-state index in [-0.39, 0.29) is 13.2 Å². The maximum atomic E-state index is 12.2. The zero-order valence-corrected chi connectivity index (χ0v) is 17.9. The van der Waals surface area contributed by atoms with Gasteiger partial charge in [0.25, 0.3) is 0 Å². The Hall–Kier alpha value is -2.84. The van der Waals surface area contributed by atoms with Crippen molar-refractivity contribution in [1.29, 1.82) is 0 Å². The number of benzene rings is 2. The highest BCUT2D eigenvalue weighted by atomic mass is 32.2. The molecule has 0 saturated heterocycles. The van der Waals surface area contributed by atoms with Crippen molar-refractivity contribution >= 4 is 56.1 Å². The van der Waals surface area contributed by atoms with Crippen LogP contribution in [0.15, 0.2) is 67.2 Å². The predicted octanol–water partition coefficient (Wildman–Crippen LogP) is 7.34. The smallest absolute Gasteiger partial charge is 0.372 e. The van der Waals surface area contributed by atoms with Gasteiger partial charge in [-0.2, -0.15) is 0 Å². The topological polar surface area (TPSA) is 78.9 Å². The number of furan rings is 2. The number of carbonyl (C=O) groups excluding carboxylic acids is 2. The summed E-state index contributed by atoms with van der Waals surface area (Å²) in [4.78, 5) is 25.6. The van der Waals surface area contributed by atoms with E-state index in [4.69, 9.17) is 18.3 Å². The van der Waals surface area contributed by atoms with E-state index in [2.05, 4.69) is 0 Å². The van der Waals surface area contributed by atoms with Crippen LogP contribution < -0.4 is 0 Å². The molecule has 0 saturated carbocycles. The Morgan fingerprint density at radius 1 is 0.733 bits per heavy atom. The molecule has 4 aromatic rings. The first-order chi connectivity index (χ1) is 14.6. The second-order valence-electron chi connectivity index (χ2n) is 6.08. The van der Waals surface area contributed by atoms with E-state index in [9.17, 15) is 9.59 Å². The lowest BCUT2D eigenvalue weighted by atomic mass is 10.2. The molecule has 30 heavy (non-hydrogen) atoms. The third-order valence-electron chi connectivity index (χ3n) is 4.20. The lowest BCUT2D eigenvalue weighted by Crippen LogP contribution is -1.97. The lowest BCUT2D eigenvalue weighted by Gasteiger charge is -2.04. The predicted molar refractivity (Wildman–Crippen MR) is 117 cm³/mol. The van der Waals surface area contributed by atoms with E-state index in [0.717, 1.165) is 34.3 Å². The van der Waals surface area contributed by atoms with Gasteiger partial charge in [-0.05, 0) is 61.6 Å². The zero-order valence-electron chi connectivity index (χ0n) is 16.3. The summed E-state index contributed by atoms with van der Waals surface area (Å²) in [7, 11) is 0. The van der Waals surface area contributed by atoms with E-state index >= 15 is 0 Å². The Balaban J connectivity index is 1.91. The quantitative estimate of drug-likeness (QED) is 0.234. The molecular formula is C22H18O6S2. The molecule has 0 N–H and O–H groups in total. The van der Waals surface area contributed by atoms with Crippen LogP contribution in [0.25, 0.3) is 33.5 Å². The Bertz CT molecular complexity index is 1130. The molecule has 0 atom stereocenters. The molecule has 2 aromatic heterocycles. The molecular weight excluding hydrogens is 424 g/mol. The molecule has 6 nitrogen and oxygen atoms in total. The van der Waals surface area contributed by atoms with Crippen molar-refractivity contribution in [3.05, 3.63) is 48.5 Å². The molecule has 0 aliphatic carbocycles. The molecule has 0 bridgehead atoms. The summed E-state index contributed by atoms with van der Waals surface area (Å²) in [6.45, 7) is 4.04. The van der Waals surface area contributed by atoms with E-state index in [1.807, 2.05) is 48.5 Å². The maximum absolute atomic E-state index is 12.2. The van der Waals surface area contributed by atoms with E-state index in [1.54, 1.807) is 13.8 Å². The van der Waals surface area contributed by atoms with Crippen molar-refractivity contribution in [2.45, 2.75) is 23.6 Å². The van der Waals surface area contributed by atoms with Gasteiger partial charge in [0.05, 0.1) is 23.0 Å². The largest absolute Gasteiger partial charge is 0.458 e. The fourth-order valence-electron chi connectivity index (χ4n) is 3.01. The number of rotatable bonds is 5. The number of para-hydroxylation sites is 2. The second-order valence-corrected chi connectivity index (χ2v) is 7.97. The monoisotopic (exact) mass is 442 g/mol. The number of fused-ring (bicyclic) bond motifs is 2. The number of ether oxygens (including phenoxy) is 2. The summed E-state index contributed by atoms with van der Waals surface area (Å²) in [6, 6.07) is 14.8.